The first-order valence-corrected chi connectivity index (χ1v) is 8.00. The van der Waals surface area contributed by atoms with Crippen LogP contribution in [-0.2, 0) is 4.74 Å². The van der Waals surface area contributed by atoms with Crippen LogP contribution in [0.1, 0.15) is 20.8 Å². The maximum Gasteiger partial charge on any atom is 0.358 e. The number of aromatic carboxylic acids is 1. The van der Waals surface area contributed by atoms with Gasteiger partial charge in [-0.1, -0.05) is 6.07 Å². The minimum atomic E-state index is -0.991. The molecule has 0 unspecified atom stereocenters. The highest BCUT2D eigenvalue weighted by molar-refractivity contribution is 5.92. The molecule has 0 atom stereocenters. The Morgan fingerprint density at radius 1 is 1.04 bits per heavy atom. The van der Waals surface area contributed by atoms with Gasteiger partial charge in [-0.05, 0) is 36.4 Å². The van der Waals surface area contributed by atoms with Gasteiger partial charge in [0.25, 0.3) is 0 Å². The van der Waals surface area contributed by atoms with E-state index in [0.29, 0.717) is 5.52 Å². The number of aromatic nitrogens is 4. The van der Waals surface area contributed by atoms with Crippen LogP contribution in [0, 0.1) is 0 Å². The molecule has 0 radical (unpaired) electrons. The lowest BCUT2D eigenvalue weighted by Crippen LogP contribution is -2.01. The largest absolute Gasteiger partial charge is 0.478 e. The van der Waals surface area contributed by atoms with Crippen LogP contribution in [0.25, 0.3) is 22.4 Å². The van der Waals surface area contributed by atoms with Gasteiger partial charge in [-0.3, -0.25) is 4.57 Å². The molecule has 0 saturated heterocycles. The Kier molecular flexibility index (Phi) is 3.92. The van der Waals surface area contributed by atoms with Gasteiger partial charge in [-0.25, -0.2) is 19.6 Å². The molecule has 1 N–H and O–H groups in total. The predicted octanol–water partition coefficient (Wildman–Crippen LogP) is 2.70. The lowest BCUT2D eigenvalue weighted by molar-refractivity contribution is 0.0593. The summed E-state index contributed by atoms with van der Waals surface area (Å²) in [6, 6.07) is 12.4. The van der Waals surface area contributed by atoms with E-state index in [4.69, 9.17) is 5.11 Å². The van der Waals surface area contributed by atoms with Gasteiger partial charge in [-0.15, -0.1) is 0 Å². The quantitative estimate of drug-likeness (QED) is 0.560. The van der Waals surface area contributed by atoms with E-state index in [2.05, 4.69) is 14.7 Å². The number of methoxy groups -OCH3 is 1. The number of hydrogen-bond acceptors (Lipinski definition) is 5. The van der Waals surface area contributed by atoms with Crippen molar-refractivity contribution in [3.05, 3.63) is 72.6 Å². The Morgan fingerprint density at radius 2 is 1.85 bits per heavy atom. The van der Waals surface area contributed by atoms with E-state index in [0.717, 1.165) is 16.9 Å². The van der Waals surface area contributed by atoms with Crippen molar-refractivity contribution in [1.82, 2.24) is 19.1 Å². The molecule has 8 nitrogen and oxygen atoms in total. The minimum Gasteiger partial charge on any atom is -0.478 e. The zero-order valence-electron chi connectivity index (χ0n) is 14.2. The van der Waals surface area contributed by atoms with E-state index in [1.165, 1.54) is 19.5 Å². The minimum absolute atomic E-state index is 0.190. The highest BCUT2D eigenvalue weighted by Crippen LogP contribution is 2.21. The van der Waals surface area contributed by atoms with E-state index in [1.807, 2.05) is 28.8 Å². The monoisotopic (exact) mass is 362 g/mol. The molecule has 0 saturated carbocycles. The lowest BCUT2D eigenvalue weighted by atomic mass is 10.2. The Bertz CT molecular complexity index is 1180. The van der Waals surface area contributed by atoms with Gasteiger partial charge in [0.2, 0.25) is 0 Å². The molecule has 2 aromatic carbocycles. The van der Waals surface area contributed by atoms with Crippen LogP contribution in [-0.4, -0.2) is 43.3 Å². The second-order valence-electron chi connectivity index (χ2n) is 5.80. The van der Waals surface area contributed by atoms with Crippen LogP contribution >= 0.6 is 0 Å². The third kappa shape index (κ3) is 2.93. The van der Waals surface area contributed by atoms with Crippen molar-refractivity contribution in [2.45, 2.75) is 0 Å². The third-order valence-electron chi connectivity index (χ3n) is 4.18. The molecule has 0 aliphatic carbocycles. The Morgan fingerprint density at radius 3 is 2.63 bits per heavy atom. The molecule has 8 heteroatoms. The highest BCUT2D eigenvalue weighted by atomic mass is 16.5. The van der Waals surface area contributed by atoms with Crippen molar-refractivity contribution in [3.8, 4) is 11.4 Å². The standard InChI is InChI=1S/C19H14N4O4/c1-27-19(26)16-9-22(10-20-16)13-3-2-4-14(8-13)23-11-21-15-7-12(18(24)25)5-6-17(15)23/h2-11H,1H3,(H,24,25). The molecule has 0 amide bonds. The maximum atomic E-state index is 11.6. The molecule has 2 heterocycles. The summed E-state index contributed by atoms with van der Waals surface area (Å²) in [7, 11) is 1.31. The normalized spacial score (nSPS) is 10.9. The number of carboxylic acid groups (broad SMARTS) is 1. The Hall–Kier alpha value is -3.94. The van der Waals surface area contributed by atoms with Crippen molar-refractivity contribution >= 4 is 23.0 Å². The molecule has 0 aliphatic heterocycles. The molecule has 4 rings (SSSR count). The van der Waals surface area contributed by atoms with Gasteiger partial charge in [0.15, 0.2) is 5.69 Å². The topological polar surface area (TPSA) is 99.2 Å². The van der Waals surface area contributed by atoms with Gasteiger partial charge in [0.05, 0.1) is 23.7 Å². The zero-order valence-corrected chi connectivity index (χ0v) is 14.2. The molecular formula is C19H14N4O4. The fraction of sp³-hybridized carbons (Fsp3) is 0.0526. The number of nitrogens with zero attached hydrogens (tertiary/aromatic N) is 4. The average Bonchev–Trinajstić information content (AvgIpc) is 3.34. The van der Waals surface area contributed by atoms with Crippen molar-refractivity contribution in [2.75, 3.05) is 7.11 Å². The molecule has 134 valence electrons. The summed E-state index contributed by atoms with van der Waals surface area (Å²) >= 11 is 0. The van der Waals surface area contributed by atoms with Crippen LogP contribution in [0.3, 0.4) is 0 Å². The maximum absolute atomic E-state index is 11.6. The van der Waals surface area contributed by atoms with Gasteiger partial charge in [0, 0.05) is 17.6 Å². The summed E-state index contributed by atoms with van der Waals surface area (Å²) in [5, 5.41) is 9.11. The number of imidazole rings is 2. The van der Waals surface area contributed by atoms with Crippen molar-refractivity contribution in [3.63, 3.8) is 0 Å². The van der Waals surface area contributed by atoms with E-state index in [9.17, 15) is 9.59 Å². The third-order valence-corrected chi connectivity index (χ3v) is 4.18. The Balaban J connectivity index is 1.74. The molecule has 2 aromatic heterocycles. The number of fused-ring (bicyclic) bond motifs is 1. The summed E-state index contributed by atoms with van der Waals surface area (Å²) in [6.45, 7) is 0. The number of rotatable bonds is 4. The van der Waals surface area contributed by atoms with Crippen LogP contribution in [0.2, 0.25) is 0 Å². The van der Waals surface area contributed by atoms with Crippen LogP contribution in [0.5, 0.6) is 0 Å². The smallest absolute Gasteiger partial charge is 0.358 e. The molecule has 0 fully saturated rings. The number of carboxylic acids is 1. The number of carbonyl (C=O) groups excluding carboxylic acids is 1. The van der Waals surface area contributed by atoms with Crippen molar-refractivity contribution in [1.29, 1.82) is 0 Å². The molecule has 0 aliphatic rings. The summed E-state index contributed by atoms with van der Waals surface area (Å²) in [4.78, 5) is 31.0. The number of hydrogen-bond donors (Lipinski definition) is 1. The van der Waals surface area contributed by atoms with E-state index in [1.54, 1.807) is 29.2 Å². The highest BCUT2D eigenvalue weighted by Gasteiger charge is 2.12. The van der Waals surface area contributed by atoms with Gasteiger partial charge in [0.1, 0.15) is 12.7 Å². The number of carbonyl (C=O) groups is 2. The van der Waals surface area contributed by atoms with Crippen LogP contribution in [0.4, 0.5) is 0 Å². The van der Waals surface area contributed by atoms with Gasteiger partial charge < -0.3 is 14.4 Å². The predicted molar refractivity (Wildman–Crippen MR) is 96.5 cm³/mol. The van der Waals surface area contributed by atoms with Crippen LogP contribution < -0.4 is 0 Å². The average molecular weight is 362 g/mol. The second-order valence-corrected chi connectivity index (χ2v) is 5.80. The second kappa shape index (κ2) is 6.41. The van der Waals surface area contributed by atoms with Gasteiger partial charge in [-0.2, -0.15) is 0 Å². The number of benzene rings is 2. The first-order chi connectivity index (χ1) is 13.1. The van der Waals surface area contributed by atoms with E-state index < -0.39 is 11.9 Å². The number of ether oxygens (including phenoxy) is 1. The molecular weight excluding hydrogens is 348 g/mol. The molecule has 0 spiro atoms. The summed E-state index contributed by atoms with van der Waals surface area (Å²) < 4.78 is 8.26. The van der Waals surface area contributed by atoms with E-state index in [-0.39, 0.29) is 11.3 Å². The molecule has 27 heavy (non-hydrogen) atoms. The lowest BCUT2D eigenvalue weighted by Gasteiger charge is -2.08. The first kappa shape index (κ1) is 16.5. The summed E-state index contributed by atoms with van der Waals surface area (Å²) in [5.41, 5.74) is 3.44. The fourth-order valence-electron chi connectivity index (χ4n) is 2.83. The number of esters is 1. The zero-order chi connectivity index (χ0) is 19.0. The SMILES string of the molecule is COC(=O)c1cn(-c2cccc(-n3cnc4cc(C(=O)O)ccc43)c2)cn1. The molecule has 4 aromatic rings. The fourth-order valence-corrected chi connectivity index (χ4v) is 2.83. The first-order valence-electron chi connectivity index (χ1n) is 8.00. The van der Waals surface area contributed by atoms with Crippen molar-refractivity contribution < 1.29 is 19.4 Å². The van der Waals surface area contributed by atoms with Gasteiger partial charge >= 0.3 is 11.9 Å². The molecule has 0 bridgehead atoms. The Labute approximate surface area is 153 Å². The van der Waals surface area contributed by atoms with Crippen molar-refractivity contribution in [2.24, 2.45) is 0 Å². The van der Waals surface area contributed by atoms with Crippen LogP contribution in [0.15, 0.2) is 61.3 Å². The summed E-state index contributed by atoms with van der Waals surface area (Å²) in [5.74, 6) is -1.49. The summed E-state index contributed by atoms with van der Waals surface area (Å²) in [6.07, 6.45) is 4.77. The van der Waals surface area contributed by atoms with E-state index >= 15 is 0 Å².